The van der Waals surface area contributed by atoms with Gasteiger partial charge in [0.15, 0.2) is 0 Å². The molecule has 0 aromatic carbocycles. The minimum Gasteiger partial charge on any atom is -0.379 e. The fraction of sp³-hybridized carbons (Fsp3) is 1.00. The van der Waals surface area contributed by atoms with Crippen molar-refractivity contribution < 1.29 is 22.4 Å². The second kappa shape index (κ2) is 17.0. The van der Waals surface area contributed by atoms with Crippen molar-refractivity contribution in [3.8, 4) is 0 Å². The number of halogens is 1. The van der Waals surface area contributed by atoms with E-state index in [2.05, 4.69) is 26.2 Å². The number of ether oxygens (including phenoxy) is 1. The lowest BCUT2D eigenvalue weighted by Crippen LogP contribution is -2.42. The summed E-state index contributed by atoms with van der Waals surface area (Å²) in [6.07, 6.45) is 8.86. The predicted octanol–water partition coefficient (Wildman–Crippen LogP) is 7.00. The highest BCUT2D eigenvalue weighted by molar-refractivity contribution is 6.82. The van der Waals surface area contributed by atoms with Crippen LogP contribution >= 0.6 is 0 Å². The first kappa shape index (κ1) is 30.4. The highest BCUT2D eigenvalue weighted by Gasteiger charge is 2.36. The van der Waals surface area contributed by atoms with Crippen molar-refractivity contribution in [1.29, 1.82) is 0 Å². The minimum absolute atomic E-state index is 0.262. The lowest BCUT2D eigenvalue weighted by Gasteiger charge is -2.29. The van der Waals surface area contributed by atoms with Gasteiger partial charge in [-0.15, -0.1) is 0 Å². The average Bonchev–Trinajstić information content (AvgIpc) is 2.72. The second-order valence-electron chi connectivity index (χ2n) is 10.2. The van der Waals surface area contributed by atoms with Gasteiger partial charge in [-0.05, 0) is 12.8 Å². The Hall–Kier alpha value is 0.421. The van der Waals surface area contributed by atoms with E-state index in [9.17, 15) is 4.39 Å². The van der Waals surface area contributed by atoms with E-state index in [-0.39, 0.29) is 13.3 Å². The van der Waals surface area contributed by atoms with Crippen LogP contribution in [0, 0.1) is 0 Å². The summed E-state index contributed by atoms with van der Waals surface area (Å²) in [7, 11) is 0.494. The van der Waals surface area contributed by atoms with Crippen LogP contribution in [0.15, 0.2) is 0 Å². The third kappa shape index (κ3) is 15.3. The van der Waals surface area contributed by atoms with Gasteiger partial charge in [-0.3, -0.25) is 0 Å². The molecule has 0 N–H and O–H groups in total. The van der Waals surface area contributed by atoms with Crippen molar-refractivity contribution >= 4 is 25.0 Å². The highest BCUT2D eigenvalue weighted by Crippen LogP contribution is 2.28. The molecule has 0 aliphatic carbocycles. The Bertz CT molecular complexity index is 400. The zero-order valence-electron chi connectivity index (χ0n) is 21.1. The summed E-state index contributed by atoms with van der Waals surface area (Å²) in [4.78, 5) is 0. The molecule has 0 heterocycles. The largest absolute Gasteiger partial charge is 0.500 e. The van der Waals surface area contributed by atoms with Gasteiger partial charge in [-0.25, -0.2) is 4.39 Å². The van der Waals surface area contributed by atoms with Crippen LogP contribution in [0.5, 0.6) is 0 Å². The van der Waals surface area contributed by atoms with E-state index in [0.29, 0.717) is 0 Å². The fourth-order valence-corrected chi connectivity index (χ4v) is 14.0. The minimum atomic E-state index is -2.37. The molecule has 182 valence electrons. The molecular weight excluding hydrogens is 431 g/mol. The zero-order valence-corrected chi connectivity index (χ0v) is 24.1. The first-order valence-corrected chi connectivity index (χ1v) is 20.7. The van der Waals surface area contributed by atoms with Crippen LogP contribution in [-0.4, -0.2) is 66.2 Å². The molecule has 30 heavy (non-hydrogen) atoms. The van der Waals surface area contributed by atoms with Gasteiger partial charge in [-0.2, -0.15) is 0 Å². The molecular formula is C22H51FO4Si3. The maximum atomic E-state index is 12.1. The third-order valence-electron chi connectivity index (χ3n) is 6.36. The Balaban J connectivity index is 3.84. The topological polar surface area (TPSA) is 36.9 Å². The smallest absolute Gasteiger partial charge is 0.379 e. The van der Waals surface area contributed by atoms with Crippen LogP contribution in [0.2, 0.25) is 56.4 Å². The molecule has 0 amide bonds. The molecule has 0 aliphatic rings. The quantitative estimate of drug-likeness (QED) is 0.130. The Morgan fingerprint density at radius 1 is 0.533 bits per heavy atom. The summed E-state index contributed by atoms with van der Waals surface area (Å²) >= 11 is 0. The number of hydrogen-bond donors (Lipinski definition) is 0. The number of rotatable bonds is 21. The number of alkyl halides is 1. The monoisotopic (exact) mass is 482 g/mol. The summed E-state index contributed by atoms with van der Waals surface area (Å²) < 4.78 is 33.8. The van der Waals surface area contributed by atoms with Crippen molar-refractivity contribution in [3.05, 3.63) is 0 Å². The molecule has 0 bridgehead atoms. The van der Waals surface area contributed by atoms with Crippen molar-refractivity contribution in [2.75, 3.05) is 41.2 Å². The molecule has 0 saturated heterocycles. The maximum Gasteiger partial charge on any atom is 0.500 e. The lowest BCUT2D eigenvalue weighted by atomic mass is 10.1. The molecule has 0 saturated carbocycles. The molecule has 0 spiro atoms. The second-order valence-corrected chi connectivity index (χ2v) is 23.9. The van der Waals surface area contributed by atoms with Crippen molar-refractivity contribution in [2.24, 2.45) is 0 Å². The van der Waals surface area contributed by atoms with Crippen LogP contribution in [-0.2, 0) is 18.0 Å². The molecule has 8 heteroatoms. The van der Waals surface area contributed by atoms with Gasteiger partial charge in [0.05, 0.1) is 6.61 Å². The van der Waals surface area contributed by atoms with Crippen LogP contribution in [0.4, 0.5) is 4.39 Å². The van der Waals surface area contributed by atoms with Gasteiger partial charge < -0.3 is 18.0 Å². The summed E-state index contributed by atoms with van der Waals surface area (Å²) in [5, 5.41) is 0. The Morgan fingerprint density at radius 2 is 0.967 bits per heavy atom. The molecule has 0 atom stereocenters. The van der Waals surface area contributed by atoms with E-state index in [1.807, 2.05) is 0 Å². The highest BCUT2D eigenvalue weighted by atomic mass is 28.4. The van der Waals surface area contributed by atoms with E-state index in [1.54, 1.807) is 21.3 Å². The third-order valence-corrected chi connectivity index (χ3v) is 16.3. The van der Waals surface area contributed by atoms with E-state index in [0.717, 1.165) is 25.5 Å². The summed E-state index contributed by atoms with van der Waals surface area (Å²) in [6, 6.07) is 6.60. The predicted molar refractivity (Wildman–Crippen MR) is 135 cm³/mol. The van der Waals surface area contributed by atoms with Gasteiger partial charge >= 0.3 is 8.80 Å². The van der Waals surface area contributed by atoms with Crippen LogP contribution in [0.25, 0.3) is 0 Å². The molecule has 4 nitrogen and oxygen atoms in total. The SMILES string of the molecule is CO[Si](CCCCCCCC[Si](C)(C)CC[Si](C)(C)CCCOCCF)(OC)OC. The first-order chi connectivity index (χ1) is 14.2. The summed E-state index contributed by atoms with van der Waals surface area (Å²) in [5.74, 6) is 0. The molecule has 0 rings (SSSR count). The average molecular weight is 483 g/mol. The summed E-state index contributed by atoms with van der Waals surface area (Å²) in [6.45, 7) is 10.8. The van der Waals surface area contributed by atoms with Crippen LogP contribution in [0.1, 0.15) is 44.9 Å². The Labute approximate surface area is 190 Å². The van der Waals surface area contributed by atoms with Gasteiger partial charge in [-0.1, -0.05) is 82.5 Å². The molecule has 0 aromatic heterocycles. The van der Waals surface area contributed by atoms with Crippen molar-refractivity contribution in [3.63, 3.8) is 0 Å². The van der Waals surface area contributed by atoms with Gasteiger partial charge in [0.2, 0.25) is 0 Å². The molecule has 0 fully saturated rings. The molecule has 0 radical (unpaired) electrons. The Morgan fingerprint density at radius 3 is 1.43 bits per heavy atom. The first-order valence-electron chi connectivity index (χ1n) is 11.9. The van der Waals surface area contributed by atoms with E-state index >= 15 is 0 Å². The van der Waals surface area contributed by atoms with E-state index in [1.165, 1.54) is 56.3 Å². The fourth-order valence-electron chi connectivity index (χ4n) is 3.94. The normalized spacial score (nSPS) is 13.2. The van der Waals surface area contributed by atoms with Gasteiger partial charge in [0, 0.05) is 50.1 Å². The van der Waals surface area contributed by atoms with Gasteiger partial charge in [0.25, 0.3) is 0 Å². The van der Waals surface area contributed by atoms with E-state index < -0.39 is 25.0 Å². The zero-order chi connectivity index (χ0) is 22.9. The lowest BCUT2D eigenvalue weighted by molar-refractivity contribution is 0.119. The van der Waals surface area contributed by atoms with Gasteiger partial charge in [0.1, 0.15) is 6.67 Å². The number of hydrogen-bond acceptors (Lipinski definition) is 4. The summed E-state index contributed by atoms with van der Waals surface area (Å²) in [5.41, 5.74) is 0. The molecule has 0 unspecified atom stereocenters. The van der Waals surface area contributed by atoms with Crippen LogP contribution in [0.3, 0.4) is 0 Å². The van der Waals surface area contributed by atoms with Crippen molar-refractivity contribution in [2.45, 2.75) is 101 Å². The Kier molecular flexibility index (Phi) is 17.2. The van der Waals surface area contributed by atoms with E-state index in [4.69, 9.17) is 18.0 Å². The molecule has 0 aromatic rings. The standard InChI is InChI=1S/C22H51FO4Si3/c1-24-30(25-2,26-3)20-13-11-9-8-10-12-18-28(4,5)21-22-29(6,7)19-14-16-27-17-15-23/h8-22H2,1-7H3. The number of unbranched alkanes of at least 4 members (excludes halogenated alkanes) is 5. The van der Waals surface area contributed by atoms with Crippen LogP contribution < -0.4 is 0 Å². The molecule has 0 aliphatic heterocycles. The van der Waals surface area contributed by atoms with Crippen molar-refractivity contribution in [1.82, 2.24) is 0 Å². The maximum absolute atomic E-state index is 12.1.